The number of carbonyl (C=O) groups is 1. The van der Waals surface area contributed by atoms with Crippen molar-refractivity contribution >= 4 is 24.4 Å². The van der Waals surface area contributed by atoms with Gasteiger partial charge in [0.05, 0.1) is 23.9 Å². The summed E-state index contributed by atoms with van der Waals surface area (Å²) >= 11 is 0. The number of ether oxygens (including phenoxy) is 2. The van der Waals surface area contributed by atoms with Gasteiger partial charge < -0.3 is 24.5 Å². The van der Waals surface area contributed by atoms with Crippen LogP contribution < -0.4 is 15.9 Å². The maximum atomic E-state index is 13.8. The van der Waals surface area contributed by atoms with Crippen LogP contribution in [0.25, 0.3) is 0 Å². The van der Waals surface area contributed by atoms with E-state index in [1.165, 1.54) is 25.3 Å². The molecule has 0 aliphatic carbocycles. The Bertz CT molecular complexity index is 950. The molecule has 7 nitrogen and oxygen atoms in total. The van der Waals surface area contributed by atoms with Gasteiger partial charge in [0.15, 0.2) is 11.6 Å². The molecule has 0 radical (unpaired) electrons. The first-order valence-electron chi connectivity index (χ1n) is 9.60. The number of anilines is 1. The monoisotopic (exact) mass is 416 g/mol. The number of hydrogen-bond donors (Lipinski definition) is 1. The molecule has 2 heterocycles. The number of aromatic nitrogens is 1. The Kier molecular flexibility index (Phi) is 5.80. The topological polar surface area (TPSA) is 92.9 Å². The third-order valence-electron chi connectivity index (χ3n) is 5.59. The molecule has 1 aliphatic heterocycles. The fraction of sp³-hybridized carbons (Fsp3) is 0.429. The van der Waals surface area contributed by atoms with Crippen LogP contribution in [0.3, 0.4) is 0 Å². The van der Waals surface area contributed by atoms with E-state index in [1.54, 1.807) is 19.2 Å². The average molecular weight is 416 g/mol. The number of rotatable bonds is 5. The minimum absolute atomic E-state index is 0.151. The molecule has 1 aromatic heterocycles. The predicted octanol–water partition coefficient (Wildman–Crippen LogP) is 3.03. The zero-order chi connectivity index (χ0) is 22.3. The van der Waals surface area contributed by atoms with Crippen molar-refractivity contribution in [2.24, 2.45) is 0 Å². The summed E-state index contributed by atoms with van der Waals surface area (Å²) in [5.74, 6) is -0.657. The molecule has 2 N–H and O–H groups in total. The number of nitrogen functional groups attached to an aromatic ring is 1. The standard InChI is InChI=1S/C21H26BFN2O5/c1-12(16-10-14(23)7-8-15(16)19(26)27-6)28-17-9-13(11-25-18(17)24)22-29-20(2,3)21(4,5)30-22/h7-12H,1-6H3,(H2,24,25). The van der Waals surface area contributed by atoms with Crippen molar-refractivity contribution in [3.05, 3.63) is 47.4 Å². The summed E-state index contributed by atoms with van der Waals surface area (Å²) in [5, 5.41) is 0. The lowest BCUT2D eigenvalue weighted by atomic mass is 9.80. The summed E-state index contributed by atoms with van der Waals surface area (Å²) in [6.07, 6.45) is 0.865. The van der Waals surface area contributed by atoms with Gasteiger partial charge in [-0.2, -0.15) is 0 Å². The third kappa shape index (κ3) is 4.13. The van der Waals surface area contributed by atoms with Crippen molar-refractivity contribution in [3.8, 4) is 5.75 Å². The largest absolute Gasteiger partial charge is 0.496 e. The highest BCUT2D eigenvalue weighted by molar-refractivity contribution is 6.62. The number of carbonyl (C=O) groups excluding carboxylic acids is 1. The highest BCUT2D eigenvalue weighted by atomic mass is 19.1. The van der Waals surface area contributed by atoms with Crippen LogP contribution in [0.5, 0.6) is 5.75 Å². The second-order valence-electron chi connectivity index (χ2n) is 8.22. The number of esters is 1. The van der Waals surface area contributed by atoms with Crippen LogP contribution in [0.1, 0.15) is 56.6 Å². The Labute approximate surface area is 175 Å². The van der Waals surface area contributed by atoms with E-state index in [4.69, 9.17) is 24.5 Å². The van der Waals surface area contributed by atoms with Crippen LogP contribution in [0.4, 0.5) is 10.2 Å². The Balaban J connectivity index is 1.89. The minimum atomic E-state index is -0.701. The number of benzene rings is 1. The van der Waals surface area contributed by atoms with Crippen LogP contribution in [-0.4, -0.2) is 36.4 Å². The van der Waals surface area contributed by atoms with E-state index in [2.05, 4.69) is 4.98 Å². The van der Waals surface area contributed by atoms with E-state index >= 15 is 0 Å². The molecule has 0 spiro atoms. The highest BCUT2D eigenvalue weighted by Crippen LogP contribution is 2.37. The number of hydrogen-bond acceptors (Lipinski definition) is 7. The quantitative estimate of drug-likeness (QED) is 0.592. The van der Waals surface area contributed by atoms with Crippen LogP contribution >= 0.6 is 0 Å². The van der Waals surface area contributed by atoms with Gasteiger partial charge >= 0.3 is 13.1 Å². The van der Waals surface area contributed by atoms with Gasteiger partial charge in [0.1, 0.15) is 11.9 Å². The van der Waals surface area contributed by atoms with Crippen LogP contribution in [0, 0.1) is 5.82 Å². The molecule has 0 amide bonds. The molecule has 3 rings (SSSR count). The number of halogens is 1. The Hall–Kier alpha value is -2.65. The van der Waals surface area contributed by atoms with E-state index in [0.717, 1.165) is 0 Å². The minimum Gasteiger partial charge on any atom is -0.482 e. The predicted molar refractivity (Wildman–Crippen MR) is 111 cm³/mol. The molecular weight excluding hydrogens is 390 g/mol. The van der Waals surface area contributed by atoms with E-state index in [-0.39, 0.29) is 17.1 Å². The molecule has 160 valence electrons. The van der Waals surface area contributed by atoms with Gasteiger partial charge in [0, 0.05) is 17.2 Å². The second-order valence-corrected chi connectivity index (χ2v) is 8.22. The molecule has 30 heavy (non-hydrogen) atoms. The summed E-state index contributed by atoms with van der Waals surface area (Å²) in [7, 11) is 0.622. The number of pyridine rings is 1. The first kappa shape index (κ1) is 22.0. The first-order valence-corrected chi connectivity index (χ1v) is 9.60. The highest BCUT2D eigenvalue weighted by Gasteiger charge is 2.52. The van der Waals surface area contributed by atoms with Crippen molar-refractivity contribution in [2.75, 3.05) is 12.8 Å². The lowest BCUT2D eigenvalue weighted by Crippen LogP contribution is -2.41. The summed E-state index contributed by atoms with van der Waals surface area (Å²) in [5.41, 5.74) is 6.15. The van der Waals surface area contributed by atoms with Gasteiger partial charge in [-0.25, -0.2) is 14.2 Å². The van der Waals surface area contributed by atoms with Gasteiger partial charge in [-0.15, -0.1) is 0 Å². The van der Waals surface area contributed by atoms with Gasteiger partial charge in [0.2, 0.25) is 0 Å². The second kappa shape index (κ2) is 7.88. The van der Waals surface area contributed by atoms with Gasteiger partial charge in [-0.1, -0.05) is 0 Å². The molecule has 1 saturated heterocycles. The number of nitrogens with zero attached hydrogens (tertiary/aromatic N) is 1. The van der Waals surface area contributed by atoms with Gasteiger partial charge in [-0.05, 0) is 58.9 Å². The molecular formula is C21H26BFN2O5. The molecule has 1 atom stereocenters. The van der Waals surface area contributed by atoms with Crippen molar-refractivity contribution in [1.29, 1.82) is 0 Å². The van der Waals surface area contributed by atoms with Crippen molar-refractivity contribution in [3.63, 3.8) is 0 Å². The molecule has 0 bridgehead atoms. The normalized spacial score (nSPS) is 18.2. The summed E-state index contributed by atoms with van der Waals surface area (Å²) in [4.78, 5) is 16.2. The summed E-state index contributed by atoms with van der Waals surface area (Å²) < 4.78 is 36.7. The number of methoxy groups -OCH3 is 1. The smallest absolute Gasteiger partial charge is 0.482 e. The van der Waals surface area contributed by atoms with Gasteiger partial charge in [0.25, 0.3) is 0 Å². The number of nitrogens with two attached hydrogens (primary N) is 1. The Morgan fingerprint density at radius 1 is 1.20 bits per heavy atom. The third-order valence-corrected chi connectivity index (χ3v) is 5.59. The van der Waals surface area contributed by atoms with E-state index in [0.29, 0.717) is 11.0 Å². The molecule has 1 fully saturated rings. The lowest BCUT2D eigenvalue weighted by Gasteiger charge is -2.32. The van der Waals surface area contributed by atoms with Crippen molar-refractivity contribution < 1.29 is 28.0 Å². The van der Waals surface area contributed by atoms with Gasteiger partial charge in [-0.3, -0.25) is 0 Å². The average Bonchev–Trinajstić information content (AvgIpc) is 2.90. The zero-order valence-electron chi connectivity index (χ0n) is 18.0. The Morgan fingerprint density at radius 2 is 1.83 bits per heavy atom. The van der Waals surface area contributed by atoms with E-state index in [1.807, 2.05) is 27.7 Å². The van der Waals surface area contributed by atoms with Crippen LogP contribution in [-0.2, 0) is 14.0 Å². The summed E-state index contributed by atoms with van der Waals surface area (Å²) in [6.45, 7) is 9.50. The maximum absolute atomic E-state index is 13.8. The molecule has 2 aromatic rings. The van der Waals surface area contributed by atoms with Crippen LogP contribution in [0.15, 0.2) is 30.5 Å². The Morgan fingerprint density at radius 3 is 2.43 bits per heavy atom. The van der Waals surface area contributed by atoms with E-state index in [9.17, 15) is 9.18 Å². The SMILES string of the molecule is COC(=O)c1ccc(F)cc1C(C)Oc1cc(B2OC(C)(C)C(C)(C)O2)cnc1N. The van der Waals surface area contributed by atoms with Crippen LogP contribution in [0.2, 0.25) is 0 Å². The first-order chi connectivity index (χ1) is 13.9. The zero-order valence-corrected chi connectivity index (χ0v) is 18.0. The lowest BCUT2D eigenvalue weighted by molar-refractivity contribution is 0.00578. The maximum Gasteiger partial charge on any atom is 0.496 e. The van der Waals surface area contributed by atoms with Crippen molar-refractivity contribution in [1.82, 2.24) is 4.98 Å². The fourth-order valence-electron chi connectivity index (χ4n) is 3.09. The molecule has 9 heteroatoms. The molecule has 1 aliphatic rings. The molecule has 0 saturated carbocycles. The summed E-state index contributed by atoms with van der Waals surface area (Å²) in [6, 6.07) is 5.47. The van der Waals surface area contributed by atoms with Crippen molar-refractivity contribution in [2.45, 2.75) is 51.9 Å². The van der Waals surface area contributed by atoms with E-state index < -0.39 is 36.2 Å². The molecule has 1 aromatic carbocycles. The molecule has 1 unspecified atom stereocenters. The fourth-order valence-corrected chi connectivity index (χ4v) is 3.09.